The van der Waals surface area contributed by atoms with Crippen molar-refractivity contribution >= 4 is 0 Å². The fourth-order valence-corrected chi connectivity index (χ4v) is 2.49. The maximum Gasteiger partial charge on any atom is 0.131 e. The lowest BCUT2D eigenvalue weighted by molar-refractivity contribution is 0.629. The molecule has 103 valence electrons. The molecule has 2 heteroatoms. The molecule has 3 aromatic rings. The Kier molecular flexibility index (Phi) is 3.53. The van der Waals surface area contributed by atoms with E-state index in [1.807, 2.05) is 0 Å². The van der Waals surface area contributed by atoms with Gasteiger partial charge in [-0.3, -0.25) is 0 Å². The molecule has 0 aliphatic heterocycles. The van der Waals surface area contributed by atoms with Crippen molar-refractivity contribution < 1.29 is 8.78 Å². The van der Waals surface area contributed by atoms with Gasteiger partial charge in [-0.1, -0.05) is 54.6 Å². The van der Waals surface area contributed by atoms with Crippen molar-refractivity contribution in [1.29, 1.82) is 0 Å². The number of hydrogen-bond acceptors (Lipinski definition) is 0. The topological polar surface area (TPSA) is 0 Å². The lowest BCUT2D eigenvalue weighted by Crippen LogP contribution is -1.93. The number of halogens is 2. The van der Waals surface area contributed by atoms with Gasteiger partial charge in [-0.25, -0.2) is 8.78 Å². The quantitative estimate of drug-likeness (QED) is 0.582. The van der Waals surface area contributed by atoms with E-state index in [9.17, 15) is 8.78 Å². The minimum atomic E-state index is -0.341. The summed E-state index contributed by atoms with van der Waals surface area (Å²) in [6.07, 6.45) is 0. The molecule has 0 aliphatic carbocycles. The van der Waals surface area contributed by atoms with Crippen molar-refractivity contribution in [2.75, 3.05) is 0 Å². The molecule has 0 amide bonds. The first kappa shape index (κ1) is 13.5. The van der Waals surface area contributed by atoms with Gasteiger partial charge in [0.1, 0.15) is 11.6 Å². The van der Waals surface area contributed by atoms with Crippen molar-refractivity contribution in [3.8, 4) is 22.3 Å². The third-order valence-electron chi connectivity index (χ3n) is 3.46. The van der Waals surface area contributed by atoms with Crippen molar-refractivity contribution in [3.05, 3.63) is 90.9 Å². The highest BCUT2D eigenvalue weighted by atomic mass is 19.1. The number of hydrogen-bond donors (Lipinski definition) is 0. The summed E-state index contributed by atoms with van der Waals surface area (Å²) in [5.74, 6) is -0.674. The average molecular weight is 279 g/mol. The monoisotopic (exact) mass is 279 g/mol. The zero-order valence-corrected chi connectivity index (χ0v) is 11.3. The minimum Gasteiger partial charge on any atom is -0.206 e. The Morgan fingerprint density at radius 3 is 1.71 bits per heavy atom. The average Bonchev–Trinajstić information content (AvgIpc) is 2.49. The second-order valence-corrected chi connectivity index (χ2v) is 4.80. The molecule has 0 aromatic heterocycles. The number of benzene rings is 3. The van der Waals surface area contributed by atoms with E-state index in [1.165, 1.54) is 12.1 Å². The molecule has 0 spiro atoms. The fraction of sp³-hybridized carbons (Fsp3) is 0. The van der Waals surface area contributed by atoms with Crippen LogP contribution in [0.15, 0.2) is 66.7 Å². The predicted octanol–water partition coefficient (Wildman–Crippen LogP) is 5.48. The third-order valence-corrected chi connectivity index (χ3v) is 3.46. The molecule has 0 nitrogen and oxygen atoms in total. The summed E-state index contributed by atoms with van der Waals surface area (Å²) in [5.41, 5.74) is 2.81. The van der Waals surface area contributed by atoms with Crippen LogP contribution in [0, 0.1) is 18.6 Å². The first-order chi connectivity index (χ1) is 10.2. The first-order valence-corrected chi connectivity index (χ1v) is 6.63. The molecule has 0 N–H and O–H groups in total. The third kappa shape index (κ3) is 2.45. The Morgan fingerprint density at radius 1 is 0.571 bits per heavy atom. The fourth-order valence-electron chi connectivity index (χ4n) is 2.49. The molecule has 0 saturated heterocycles. The molecular formula is C19H13F2. The van der Waals surface area contributed by atoms with Crippen LogP contribution in [0.5, 0.6) is 0 Å². The van der Waals surface area contributed by atoms with E-state index >= 15 is 0 Å². The molecule has 3 aromatic carbocycles. The second kappa shape index (κ2) is 5.49. The van der Waals surface area contributed by atoms with E-state index < -0.39 is 0 Å². The molecule has 0 atom stereocenters. The van der Waals surface area contributed by atoms with E-state index in [-0.39, 0.29) is 11.6 Å². The zero-order valence-electron chi connectivity index (χ0n) is 11.3. The van der Waals surface area contributed by atoms with Gasteiger partial charge in [0.15, 0.2) is 0 Å². The van der Waals surface area contributed by atoms with Crippen LogP contribution in [0.25, 0.3) is 22.3 Å². The maximum absolute atomic E-state index is 14.1. The molecule has 0 fully saturated rings. The van der Waals surface area contributed by atoms with Gasteiger partial charge in [-0.15, -0.1) is 0 Å². The molecular weight excluding hydrogens is 266 g/mol. The summed E-state index contributed by atoms with van der Waals surface area (Å²) in [5, 5.41) is 0. The first-order valence-electron chi connectivity index (χ1n) is 6.63. The SMILES string of the molecule is [CH2]c1cccc(-c2ccccc2F)c1-c1ccccc1F. The highest BCUT2D eigenvalue weighted by molar-refractivity contribution is 5.86. The highest BCUT2D eigenvalue weighted by Crippen LogP contribution is 2.36. The molecule has 0 aliphatic rings. The van der Waals surface area contributed by atoms with Gasteiger partial charge in [0.25, 0.3) is 0 Å². The maximum atomic E-state index is 14.1. The smallest absolute Gasteiger partial charge is 0.131 e. The Morgan fingerprint density at radius 2 is 1.10 bits per heavy atom. The summed E-state index contributed by atoms with van der Waals surface area (Å²) < 4.78 is 28.2. The zero-order chi connectivity index (χ0) is 14.8. The molecule has 1 radical (unpaired) electrons. The summed E-state index contributed by atoms with van der Waals surface area (Å²) in [6, 6.07) is 18.3. The lowest BCUT2D eigenvalue weighted by atomic mass is 9.90. The summed E-state index contributed by atoms with van der Waals surface area (Å²) in [7, 11) is 0. The van der Waals surface area contributed by atoms with Gasteiger partial charge < -0.3 is 0 Å². The van der Waals surface area contributed by atoms with Crippen molar-refractivity contribution in [3.63, 3.8) is 0 Å². The second-order valence-electron chi connectivity index (χ2n) is 4.80. The van der Waals surface area contributed by atoms with Gasteiger partial charge in [0.05, 0.1) is 0 Å². The van der Waals surface area contributed by atoms with Crippen LogP contribution >= 0.6 is 0 Å². The predicted molar refractivity (Wildman–Crippen MR) is 81.7 cm³/mol. The summed E-state index contributed by atoms with van der Waals surface area (Å²) in [4.78, 5) is 0. The van der Waals surface area contributed by atoms with E-state index in [1.54, 1.807) is 54.6 Å². The Bertz CT molecular complexity index is 791. The normalized spacial score (nSPS) is 10.6. The molecule has 21 heavy (non-hydrogen) atoms. The Labute approximate surface area is 122 Å². The number of rotatable bonds is 2. The van der Waals surface area contributed by atoms with Crippen LogP contribution in [0.1, 0.15) is 5.56 Å². The van der Waals surface area contributed by atoms with Crippen LogP contribution in [0.2, 0.25) is 0 Å². The van der Waals surface area contributed by atoms with E-state index in [4.69, 9.17) is 0 Å². The van der Waals surface area contributed by atoms with Crippen LogP contribution in [-0.4, -0.2) is 0 Å². The van der Waals surface area contributed by atoms with Gasteiger partial charge in [0, 0.05) is 11.1 Å². The molecule has 0 unspecified atom stereocenters. The van der Waals surface area contributed by atoms with Gasteiger partial charge >= 0.3 is 0 Å². The molecule has 3 rings (SSSR count). The molecule has 0 heterocycles. The lowest BCUT2D eigenvalue weighted by Gasteiger charge is -2.14. The van der Waals surface area contributed by atoms with Crippen LogP contribution in [0.3, 0.4) is 0 Å². The minimum absolute atomic E-state index is 0.333. The molecule has 0 bridgehead atoms. The highest BCUT2D eigenvalue weighted by Gasteiger charge is 2.15. The van der Waals surface area contributed by atoms with Gasteiger partial charge in [-0.05, 0) is 35.7 Å². The van der Waals surface area contributed by atoms with Gasteiger partial charge in [0.2, 0.25) is 0 Å². The van der Waals surface area contributed by atoms with Crippen molar-refractivity contribution in [2.24, 2.45) is 0 Å². The standard InChI is InChI=1S/C19H13F2/c1-13-7-6-10-15(14-8-2-4-11-17(14)20)19(13)16-9-3-5-12-18(16)21/h2-12H,1H2. The van der Waals surface area contributed by atoms with Crippen molar-refractivity contribution in [1.82, 2.24) is 0 Å². The van der Waals surface area contributed by atoms with Crippen molar-refractivity contribution in [2.45, 2.75) is 0 Å². The van der Waals surface area contributed by atoms with Crippen LogP contribution in [0.4, 0.5) is 8.78 Å². The summed E-state index contributed by atoms with van der Waals surface area (Å²) >= 11 is 0. The Balaban J connectivity index is 2.32. The van der Waals surface area contributed by atoms with E-state index in [0.29, 0.717) is 27.8 Å². The van der Waals surface area contributed by atoms with Crippen LogP contribution in [-0.2, 0) is 0 Å². The largest absolute Gasteiger partial charge is 0.206 e. The van der Waals surface area contributed by atoms with E-state index in [0.717, 1.165) is 0 Å². The summed E-state index contributed by atoms with van der Waals surface area (Å²) in [6.45, 7) is 3.96. The van der Waals surface area contributed by atoms with E-state index in [2.05, 4.69) is 6.92 Å². The Hall–Kier alpha value is -2.48. The molecule has 0 saturated carbocycles. The van der Waals surface area contributed by atoms with Gasteiger partial charge in [-0.2, -0.15) is 0 Å². The van der Waals surface area contributed by atoms with Crippen LogP contribution < -0.4 is 0 Å².